The molecule has 0 spiro atoms. The molecule has 5 heteroatoms. The first-order valence-corrected chi connectivity index (χ1v) is 10.6. The second kappa shape index (κ2) is 8.61. The van der Waals surface area contributed by atoms with Crippen molar-refractivity contribution in [2.24, 2.45) is 0 Å². The van der Waals surface area contributed by atoms with Gasteiger partial charge in [0.25, 0.3) is 0 Å². The fourth-order valence-corrected chi connectivity index (χ4v) is 4.56. The van der Waals surface area contributed by atoms with Gasteiger partial charge in [0, 0.05) is 12.6 Å². The summed E-state index contributed by atoms with van der Waals surface area (Å²) < 4.78 is 27.8. The summed E-state index contributed by atoms with van der Waals surface area (Å²) in [6.07, 6.45) is 3.62. The summed E-state index contributed by atoms with van der Waals surface area (Å²) >= 11 is 0. The quantitative estimate of drug-likeness (QED) is 0.826. The van der Waals surface area contributed by atoms with E-state index in [-0.39, 0.29) is 11.8 Å². The number of nitrogens with one attached hydrogen (secondary N) is 1. The molecular weight excluding hydrogens is 332 g/mol. The molecule has 0 aliphatic carbocycles. The van der Waals surface area contributed by atoms with E-state index in [1.54, 1.807) is 0 Å². The molecule has 1 aliphatic rings. The van der Waals surface area contributed by atoms with Gasteiger partial charge in [0.1, 0.15) is 0 Å². The first kappa shape index (κ1) is 18.1. The van der Waals surface area contributed by atoms with E-state index in [0.717, 1.165) is 18.7 Å². The molecule has 0 radical (unpaired) electrons. The molecule has 0 bridgehead atoms. The highest BCUT2D eigenvalue weighted by molar-refractivity contribution is 7.88. The highest BCUT2D eigenvalue weighted by Crippen LogP contribution is 2.24. The maximum absolute atomic E-state index is 12.5. The second-order valence-electron chi connectivity index (χ2n) is 6.62. The van der Waals surface area contributed by atoms with Gasteiger partial charge in [0.15, 0.2) is 0 Å². The average Bonchev–Trinajstić information content (AvgIpc) is 2.64. The molecule has 1 unspecified atom stereocenters. The van der Waals surface area contributed by atoms with Crippen molar-refractivity contribution in [1.29, 1.82) is 0 Å². The lowest BCUT2D eigenvalue weighted by Gasteiger charge is -2.35. The van der Waals surface area contributed by atoms with E-state index >= 15 is 0 Å². The number of piperidine rings is 1. The van der Waals surface area contributed by atoms with E-state index in [0.29, 0.717) is 6.54 Å². The largest absolute Gasteiger partial charge is 0.295 e. The summed E-state index contributed by atoms with van der Waals surface area (Å²) in [5.74, 6) is 0.0232. The van der Waals surface area contributed by atoms with Crippen LogP contribution < -0.4 is 4.72 Å². The molecule has 0 amide bonds. The lowest BCUT2D eigenvalue weighted by molar-refractivity contribution is 0.164. The van der Waals surface area contributed by atoms with Gasteiger partial charge in [-0.15, -0.1) is 0 Å². The number of hydrogen-bond acceptors (Lipinski definition) is 3. The predicted molar refractivity (Wildman–Crippen MR) is 102 cm³/mol. The van der Waals surface area contributed by atoms with Gasteiger partial charge in [-0.2, -0.15) is 0 Å². The molecule has 1 atom stereocenters. The Kier molecular flexibility index (Phi) is 6.24. The topological polar surface area (TPSA) is 49.4 Å². The Morgan fingerprint density at radius 2 is 1.48 bits per heavy atom. The van der Waals surface area contributed by atoms with Gasteiger partial charge in [0.2, 0.25) is 10.0 Å². The van der Waals surface area contributed by atoms with Crippen LogP contribution in [0, 0.1) is 0 Å². The number of hydrogen-bond donors (Lipinski definition) is 1. The molecule has 134 valence electrons. The third kappa shape index (κ3) is 5.39. The van der Waals surface area contributed by atoms with Crippen molar-refractivity contribution in [3.05, 3.63) is 71.8 Å². The minimum atomic E-state index is -3.35. The van der Waals surface area contributed by atoms with Crippen molar-refractivity contribution < 1.29 is 8.42 Å². The number of rotatable bonds is 7. The van der Waals surface area contributed by atoms with Crippen LogP contribution in [0.1, 0.15) is 36.4 Å². The lowest BCUT2D eigenvalue weighted by atomic mass is 10.0. The molecule has 1 N–H and O–H groups in total. The normalized spacial score (nSPS) is 17.3. The highest BCUT2D eigenvalue weighted by atomic mass is 32.2. The van der Waals surface area contributed by atoms with E-state index in [4.69, 9.17) is 0 Å². The molecule has 1 fully saturated rings. The fraction of sp³-hybridized carbons (Fsp3) is 0.400. The van der Waals surface area contributed by atoms with Crippen LogP contribution in [0.15, 0.2) is 60.7 Å². The molecule has 1 heterocycles. The van der Waals surface area contributed by atoms with Crippen LogP contribution in [-0.2, 0) is 15.8 Å². The first-order chi connectivity index (χ1) is 12.1. The Hall–Kier alpha value is -1.69. The van der Waals surface area contributed by atoms with Gasteiger partial charge < -0.3 is 0 Å². The standard InChI is InChI=1S/C20H26N2O2S/c23-25(24,17-18-10-4-1-5-11-18)21-16-20(19-12-6-2-7-13-19)22-14-8-3-9-15-22/h1-2,4-7,10-13,20-21H,3,8-9,14-17H2. The SMILES string of the molecule is O=S(=O)(Cc1ccccc1)NCC(c1ccccc1)N1CCCCC1. The molecule has 0 saturated carbocycles. The summed E-state index contributed by atoms with van der Waals surface area (Å²) in [6.45, 7) is 2.47. The van der Waals surface area contributed by atoms with Crippen LogP contribution in [0.25, 0.3) is 0 Å². The third-order valence-corrected chi connectivity index (χ3v) is 6.03. The van der Waals surface area contributed by atoms with Crippen molar-refractivity contribution >= 4 is 10.0 Å². The van der Waals surface area contributed by atoms with Gasteiger partial charge in [-0.1, -0.05) is 67.1 Å². The van der Waals surface area contributed by atoms with Crippen LogP contribution >= 0.6 is 0 Å². The summed E-state index contributed by atoms with van der Waals surface area (Å²) in [6, 6.07) is 19.6. The Labute approximate surface area is 150 Å². The van der Waals surface area contributed by atoms with Crippen LogP contribution in [0.5, 0.6) is 0 Å². The zero-order chi connectivity index (χ0) is 17.5. The molecule has 3 rings (SSSR count). The lowest BCUT2D eigenvalue weighted by Crippen LogP contribution is -2.40. The number of benzene rings is 2. The number of sulfonamides is 1. The van der Waals surface area contributed by atoms with Gasteiger partial charge in [-0.25, -0.2) is 13.1 Å². The molecule has 1 saturated heterocycles. The van der Waals surface area contributed by atoms with E-state index in [9.17, 15) is 8.42 Å². The van der Waals surface area contributed by atoms with Crippen molar-refractivity contribution in [3.8, 4) is 0 Å². The fourth-order valence-electron chi connectivity index (χ4n) is 3.41. The zero-order valence-electron chi connectivity index (χ0n) is 14.5. The minimum absolute atomic E-state index is 0.0232. The Morgan fingerprint density at radius 3 is 2.12 bits per heavy atom. The Bertz CT molecular complexity index is 742. The van der Waals surface area contributed by atoms with Crippen LogP contribution in [-0.4, -0.2) is 33.0 Å². The molecule has 4 nitrogen and oxygen atoms in total. The average molecular weight is 359 g/mol. The second-order valence-corrected chi connectivity index (χ2v) is 8.42. The maximum Gasteiger partial charge on any atom is 0.215 e. The maximum atomic E-state index is 12.5. The van der Waals surface area contributed by atoms with Crippen molar-refractivity contribution in [1.82, 2.24) is 9.62 Å². The predicted octanol–water partition coefficient (Wildman–Crippen LogP) is 3.33. The number of likely N-dealkylation sites (tertiary alicyclic amines) is 1. The van der Waals surface area contributed by atoms with Crippen molar-refractivity contribution in [2.75, 3.05) is 19.6 Å². The van der Waals surface area contributed by atoms with Gasteiger partial charge in [-0.3, -0.25) is 4.90 Å². The Morgan fingerprint density at radius 1 is 0.880 bits per heavy atom. The molecule has 2 aromatic rings. The molecular formula is C20H26N2O2S. The van der Waals surface area contributed by atoms with Crippen LogP contribution in [0.4, 0.5) is 0 Å². The van der Waals surface area contributed by atoms with Gasteiger partial charge in [-0.05, 0) is 37.1 Å². The van der Waals surface area contributed by atoms with Gasteiger partial charge >= 0.3 is 0 Å². The van der Waals surface area contributed by atoms with Crippen LogP contribution in [0.2, 0.25) is 0 Å². The highest BCUT2D eigenvalue weighted by Gasteiger charge is 2.24. The summed E-state index contributed by atoms with van der Waals surface area (Å²) in [5, 5.41) is 0. The van der Waals surface area contributed by atoms with Gasteiger partial charge in [0.05, 0.1) is 5.75 Å². The molecule has 1 aliphatic heterocycles. The van der Waals surface area contributed by atoms with E-state index in [2.05, 4.69) is 21.8 Å². The minimum Gasteiger partial charge on any atom is -0.295 e. The van der Waals surface area contributed by atoms with E-state index in [1.165, 1.54) is 24.8 Å². The van der Waals surface area contributed by atoms with Crippen LogP contribution in [0.3, 0.4) is 0 Å². The Balaban J connectivity index is 1.69. The van der Waals surface area contributed by atoms with E-state index < -0.39 is 10.0 Å². The summed E-state index contributed by atoms with van der Waals surface area (Å²) in [7, 11) is -3.35. The molecule has 2 aromatic carbocycles. The van der Waals surface area contributed by atoms with E-state index in [1.807, 2.05) is 48.5 Å². The van der Waals surface area contributed by atoms with Crippen molar-refractivity contribution in [3.63, 3.8) is 0 Å². The zero-order valence-corrected chi connectivity index (χ0v) is 15.3. The third-order valence-electron chi connectivity index (χ3n) is 4.71. The summed E-state index contributed by atoms with van der Waals surface area (Å²) in [4.78, 5) is 2.41. The first-order valence-electron chi connectivity index (χ1n) is 8.94. The summed E-state index contributed by atoms with van der Waals surface area (Å²) in [5.41, 5.74) is 1.98. The molecule has 0 aromatic heterocycles. The van der Waals surface area contributed by atoms with Crippen molar-refractivity contribution in [2.45, 2.75) is 31.1 Å². The molecule has 25 heavy (non-hydrogen) atoms. The monoisotopic (exact) mass is 358 g/mol. The smallest absolute Gasteiger partial charge is 0.215 e. The number of nitrogens with zero attached hydrogens (tertiary/aromatic N) is 1.